The van der Waals surface area contributed by atoms with Crippen molar-refractivity contribution in [2.75, 3.05) is 23.9 Å². The molecular weight excluding hydrogens is 498 g/mol. The van der Waals surface area contributed by atoms with Gasteiger partial charge < -0.3 is 20.4 Å². The molecule has 38 heavy (non-hydrogen) atoms. The number of amides is 2. The van der Waals surface area contributed by atoms with E-state index in [4.69, 9.17) is 4.74 Å². The van der Waals surface area contributed by atoms with Crippen molar-refractivity contribution >= 4 is 56.7 Å². The minimum Gasteiger partial charge on any atom is -0.497 e. The Morgan fingerprint density at radius 2 is 1.82 bits per heavy atom. The number of benzene rings is 3. The van der Waals surface area contributed by atoms with Gasteiger partial charge in [-0.1, -0.05) is 30.3 Å². The number of ether oxygens (including phenoxy) is 1. The summed E-state index contributed by atoms with van der Waals surface area (Å²) in [6.45, 7) is 3.50. The van der Waals surface area contributed by atoms with Crippen LogP contribution < -0.4 is 15.4 Å². The molecule has 1 heterocycles. The first-order chi connectivity index (χ1) is 18.3. The quantitative estimate of drug-likeness (QED) is 0.212. The number of hydrogen-bond acceptors (Lipinski definition) is 5. The fourth-order valence-corrected chi connectivity index (χ4v) is 5.30. The van der Waals surface area contributed by atoms with E-state index in [0.29, 0.717) is 30.0 Å². The second kappa shape index (κ2) is 12.6. The summed E-state index contributed by atoms with van der Waals surface area (Å²) in [5, 5.41) is 8.97. The van der Waals surface area contributed by atoms with E-state index >= 15 is 0 Å². The number of rotatable bonds is 12. The largest absolute Gasteiger partial charge is 0.497 e. The van der Waals surface area contributed by atoms with Crippen molar-refractivity contribution in [3.63, 3.8) is 0 Å². The highest BCUT2D eigenvalue weighted by molar-refractivity contribution is 7.99. The molecule has 7 nitrogen and oxygen atoms in total. The van der Waals surface area contributed by atoms with Crippen LogP contribution in [-0.4, -0.2) is 47.2 Å². The first-order valence-electron chi connectivity index (χ1n) is 12.7. The van der Waals surface area contributed by atoms with Crippen molar-refractivity contribution < 1.29 is 19.1 Å². The van der Waals surface area contributed by atoms with E-state index in [-0.39, 0.29) is 24.0 Å². The molecule has 0 bridgehead atoms. The van der Waals surface area contributed by atoms with Crippen LogP contribution in [0.1, 0.15) is 31.0 Å². The Labute approximate surface area is 226 Å². The van der Waals surface area contributed by atoms with Gasteiger partial charge in [-0.25, -0.2) is 0 Å². The number of Topliss-reactive ketones (excluding diaryl/α,β-unsaturated/α-hetero) is 1. The van der Waals surface area contributed by atoms with Crippen LogP contribution in [0.3, 0.4) is 0 Å². The average Bonchev–Trinajstić information content (AvgIpc) is 3.21. The van der Waals surface area contributed by atoms with E-state index in [0.717, 1.165) is 38.7 Å². The average molecular weight is 532 g/mol. The van der Waals surface area contributed by atoms with E-state index in [1.807, 2.05) is 67.6 Å². The number of hydrogen-bond donors (Lipinski definition) is 3. The van der Waals surface area contributed by atoms with Gasteiger partial charge in [-0.3, -0.25) is 14.4 Å². The minimum atomic E-state index is -0.702. The summed E-state index contributed by atoms with van der Waals surface area (Å²) in [5.41, 5.74) is 3.39. The Bertz CT molecular complexity index is 1460. The van der Waals surface area contributed by atoms with Crippen LogP contribution in [0, 0.1) is 6.92 Å². The molecular formula is C30H33N3O4S. The second-order valence-electron chi connectivity index (χ2n) is 9.38. The third-order valence-corrected chi connectivity index (χ3v) is 7.61. The number of thioether (sulfide) groups is 1. The van der Waals surface area contributed by atoms with Gasteiger partial charge in [-0.15, -0.1) is 0 Å². The molecule has 0 unspecified atom stereocenters. The molecule has 198 valence electrons. The number of H-pyrrole nitrogens is 1. The Hall–Kier alpha value is -3.78. The lowest BCUT2D eigenvalue weighted by Crippen LogP contribution is -2.44. The van der Waals surface area contributed by atoms with Crippen LogP contribution in [0.15, 0.2) is 60.7 Å². The normalized spacial score (nSPS) is 11.9. The van der Waals surface area contributed by atoms with Crippen LogP contribution >= 0.6 is 11.8 Å². The zero-order valence-electron chi connectivity index (χ0n) is 21.9. The van der Waals surface area contributed by atoms with Gasteiger partial charge in [0.25, 0.3) is 0 Å². The van der Waals surface area contributed by atoms with Gasteiger partial charge in [0.05, 0.1) is 19.3 Å². The number of anilines is 1. The van der Waals surface area contributed by atoms with Gasteiger partial charge in [0.15, 0.2) is 0 Å². The second-order valence-corrected chi connectivity index (χ2v) is 10.5. The molecule has 1 atom stereocenters. The molecule has 3 aromatic carbocycles. The molecule has 3 N–H and O–H groups in total. The molecule has 0 fully saturated rings. The maximum Gasteiger partial charge on any atom is 0.246 e. The Balaban J connectivity index is 1.47. The topological polar surface area (TPSA) is 100 Å². The molecule has 0 radical (unpaired) electrons. The van der Waals surface area contributed by atoms with Crippen LogP contribution in [0.2, 0.25) is 0 Å². The molecule has 0 aliphatic carbocycles. The summed E-state index contributed by atoms with van der Waals surface area (Å²) in [7, 11) is 1.61. The van der Waals surface area contributed by atoms with Crippen molar-refractivity contribution in [3.8, 4) is 5.75 Å². The van der Waals surface area contributed by atoms with Gasteiger partial charge >= 0.3 is 0 Å². The summed E-state index contributed by atoms with van der Waals surface area (Å²) in [6.07, 6.45) is 1.30. The molecule has 4 rings (SSSR count). The van der Waals surface area contributed by atoms with Crippen molar-refractivity contribution in [2.45, 2.75) is 39.2 Å². The zero-order valence-corrected chi connectivity index (χ0v) is 22.7. The van der Waals surface area contributed by atoms with Gasteiger partial charge in [-0.2, -0.15) is 11.8 Å². The standard InChI is InChI=1S/C30H33N3O4S/c1-19(34)18-38-14-6-9-28(30(36)32-23-11-10-21-7-4-5-8-22(21)15-23)33-29(35)17-25-20(2)31-27-13-12-24(37-3)16-26(25)27/h4-5,7-8,10-13,15-16,28,31H,6,9,14,17-18H2,1-3H3,(H,32,36)(H,33,35)/t28-/m0/s1. The van der Waals surface area contributed by atoms with Crippen LogP contribution in [0.4, 0.5) is 5.69 Å². The number of ketones is 1. The minimum absolute atomic E-state index is 0.125. The third-order valence-electron chi connectivity index (χ3n) is 6.42. The van der Waals surface area contributed by atoms with Gasteiger partial charge in [-0.05, 0) is 79.1 Å². The highest BCUT2D eigenvalue weighted by Crippen LogP contribution is 2.27. The molecule has 8 heteroatoms. The number of aromatic nitrogens is 1. The summed E-state index contributed by atoms with van der Waals surface area (Å²) in [6, 6.07) is 18.7. The molecule has 0 saturated heterocycles. The van der Waals surface area contributed by atoms with Crippen molar-refractivity contribution in [1.29, 1.82) is 0 Å². The maximum atomic E-state index is 13.3. The molecule has 4 aromatic rings. The summed E-state index contributed by atoms with van der Waals surface area (Å²) >= 11 is 1.54. The van der Waals surface area contributed by atoms with E-state index in [1.165, 1.54) is 11.8 Å². The Morgan fingerprint density at radius 1 is 1.03 bits per heavy atom. The highest BCUT2D eigenvalue weighted by atomic mass is 32.2. The Morgan fingerprint density at radius 3 is 2.58 bits per heavy atom. The number of methoxy groups -OCH3 is 1. The van der Waals surface area contributed by atoms with E-state index < -0.39 is 6.04 Å². The predicted molar refractivity (Wildman–Crippen MR) is 155 cm³/mol. The van der Waals surface area contributed by atoms with Crippen molar-refractivity contribution in [1.82, 2.24) is 10.3 Å². The number of fused-ring (bicyclic) bond motifs is 2. The lowest BCUT2D eigenvalue weighted by Gasteiger charge is -2.19. The van der Waals surface area contributed by atoms with Crippen molar-refractivity contribution in [3.05, 3.63) is 71.9 Å². The summed E-state index contributed by atoms with van der Waals surface area (Å²) < 4.78 is 5.36. The number of carbonyl (C=O) groups excluding carboxylic acids is 3. The zero-order chi connectivity index (χ0) is 27.1. The first kappa shape index (κ1) is 27.3. The van der Waals surface area contributed by atoms with E-state index in [9.17, 15) is 14.4 Å². The third kappa shape index (κ3) is 6.95. The van der Waals surface area contributed by atoms with Crippen LogP contribution in [-0.2, 0) is 20.8 Å². The number of carbonyl (C=O) groups is 3. The van der Waals surface area contributed by atoms with Gasteiger partial charge in [0, 0.05) is 22.3 Å². The summed E-state index contributed by atoms with van der Waals surface area (Å²) in [4.78, 5) is 41.1. The monoisotopic (exact) mass is 531 g/mol. The lowest BCUT2D eigenvalue weighted by molar-refractivity contribution is -0.126. The molecule has 0 saturated carbocycles. The molecule has 2 amide bonds. The van der Waals surface area contributed by atoms with Gasteiger partial charge in [0.2, 0.25) is 11.8 Å². The molecule has 1 aromatic heterocycles. The SMILES string of the molecule is COc1ccc2[nH]c(C)c(CC(=O)N[C@@H](CCCSCC(C)=O)C(=O)Nc3ccc4ccccc4c3)c2c1. The molecule has 0 spiro atoms. The van der Waals surface area contributed by atoms with E-state index in [2.05, 4.69) is 15.6 Å². The smallest absolute Gasteiger partial charge is 0.246 e. The first-order valence-corrected chi connectivity index (χ1v) is 13.8. The summed E-state index contributed by atoms with van der Waals surface area (Å²) in [5.74, 6) is 1.53. The van der Waals surface area contributed by atoms with Crippen LogP contribution in [0.25, 0.3) is 21.7 Å². The molecule has 0 aliphatic heterocycles. The fraction of sp³-hybridized carbons (Fsp3) is 0.300. The predicted octanol–water partition coefficient (Wildman–Crippen LogP) is 5.41. The lowest BCUT2D eigenvalue weighted by atomic mass is 10.1. The van der Waals surface area contributed by atoms with E-state index in [1.54, 1.807) is 14.0 Å². The maximum absolute atomic E-state index is 13.3. The fourth-order valence-electron chi connectivity index (χ4n) is 4.49. The van der Waals surface area contributed by atoms with Crippen molar-refractivity contribution in [2.24, 2.45) is 0 Å². The number of aromatic amines is 1. The van der Waals surface area contributed by atoms with Crippen LogP contribution in [0.5, 0.6) is 5.75 Å². The van der Waals surface area contributed by atoms with Gasteiger partial charge in [0.1, 0.15) is 17.6 Å². The highest BCUT2D eigenvalue weighted by Gasteiger charge is 2.22. The number of aryl methyl sites for hydroxylation is 1. The Kier molecular flexibility index (Phi) is 9.07. The molecule has 0 aliphatic rings. The number of nitrogens with one attached hydrogen (secondary N) is 3.